The third-order valence-corrected chi connectivity index (χ3v) is 6.68. The smallest absolute Gasteiger partial charge is 0.291 e. The Morgan fingerprint density at radius 1 is 1.29 bits per heavy atom. The van der Waals surface area contributed by atoms with E-state index in [2.05, 4.69) is 37.9 Å². The number of hydrogen-bond acceptors (Lipinski definition) is 6. The Hall–Kier alpha value is -3.33. The molecule has 2 amide bonds. The second-order valence-electron chi connectivity index (χ2n) is 7.66. The van der Waals surface area contributed by atoms with Gasteiger partial charge in [-0.2, -0.15) is 0 Å². The van der Waals surface area contributed by atoms with Gasteiger partial charge in [0.2, 0.25) is 11.7 Å². The lowest BCUT2D eigenvalue weighted by atomic mass is 10.1. The van der Waals surface area contributed by atoms with Crippen molar-refractivity contribution in [2.24, 2.45) is 0 Å². The molecule has 0 bridgehead atoms. The molecule has 0 fully saturated rings. The number of hydrogen-bond donors (Lipinski definition) is 3. The number of carbonyl (C=O) groups excluding carboxylic acids is 2. The molecule has 1 atom stereocenters. The van der Waals surface area contributed by atoms with Crippen LogP contribution in [0.2, 0.25) is 0 Å². The predicted octanol–water partition coefficient (Wildman–Crippen LogP) is 2.23. The molecule has 3 aromatic rings. The van der Waals surface area contributed by atoms with Gasteiger partial charge in [-0.25, -0.2) is 4.98 Å². The summed E-state index contributed by atoms with van der Waals surface area (Å²) in [4.78, 5) is 32.8. The van der Waals surface area contributed by atoms with Crippen LogP contribution in [0.1, 0.15) is 27.6 Å². The summed E-state index contributed by atoms with van der Waals surface area (Å²) >= 11 is 1.57. The van der Waals surface area contributed by atoms with E-state index in [1.165, 1.54) is 5.56 Å². The van der Waals surface area contributed by atoms with E-state index in [4.69, 9.17) is 0 Å². The zero-order chi connectivity index (χ0) is 21.4. The molecule has 0 unspecified atom stereocenters. The molecule has 9 heteroatoms. The van der Waals surface area contributed by atoms with Crippen LogP contribution in [0, 0.1) is 0 Å². The van der Waals surface area contributed by atoms with Gasteiger partial charge >= 0.3 is 0 Å². The fraction of sp³-hybridized carbons (Fsp3) is 0.273. The maximum Gasteiger partial charge on any atom is 0.291 e. The van der Waals surface area contributed by atoms with Crippen molar-refractivity contribution in [1.82, 2.24) is 20.5 Å². The highest BCUT2D eigenvalue weighted by atomic mass is 32.2. The summed E-state index contributed by atoms with van der Waals surface area (Å²) in [7, 11) is 1.76. The van der Waals surface area contributed by atoms with Crippen molar-refractivity contribution >= 4 is 35.0 Å². The first-order valence-electron chi connectivity index (χ1n) is 10.2. The fourth-order valence-electron chi connectivity index (χ4n) is 3.88. The van der Waals surface area contributed by atoms with Crippen LogP contribution in [0.4, 0.5) is 11.4 Å². The summed E-state index contributed by atoms with van der Waals surface area (Å²) < 4.78 is 0. The van der Waals surface area contributed by atoms with E-state index >= 15 is 0 Å². The van der Waals surface area contributed by atoms with Crippen LogP contribution in [-0.2, 0) is 17.6 Å². The first-order valence-corrected chi connectivity index (χ1v) is 11.1. The van der Waals surface area contributed by atoms with E-state index in [1.54, 1.807) is 23.7 Å². The standard InChI is InChI=1S/C22H22N6O2S/c1-28-17-10-14-7-8-23-15(14)11-18(17)31-12-16(22(28)30)24-21(29)20-25-19(26-27-20)9-13-5-3-2-4-6-13/h2-6,10-11,16,23H,7-9,12H2,1H3,(H,24,29)(H,25,26,27)/t16-/m0/s1. The van der Waals surface area contributed by atoms with Gasteiger partial charge in [0.25, 0.3) is 5.91 Å². The number of benzene rings is 2. The molecule has 0 saturated heterocycles. The Kier molecular flexibility index (Phi) is 5.11. The second-order valence-corrected chi connectivity index (χ2v) is 8.72. The number of aromatic amines is 1. The van der Waals surface area contributed by atoms with Crippen LogP contribution in [0.3, 0.4) is 0 Å². The number of amides is 2. The van der Waals surface area contributed by atoms with E-state index in [9.17, 15) is 9.59 Å². The lowest BCUT2D eigenvalue weighted by Crippen LogP contribution is -2.48. The lowest BCUT2D eigenvalue weighted by molar-refractivity contribution is -0.119. The number of likely N-dealkylation sites (N-methyl/N-ethyl adjacent to an activating group) is 1. The van der Waals surface area contributed by atoms with Crippen molar-refractivity contribution < 1.29 is 9.59 Å². The molecule has 0 radical (unpaired) electrons. The Bertz CT molecular complexity index is 1150. The van der Waals surface area contributed by atoms with Crippen LogP contribution in [-0.4, -0.2) is 52.4 Å². The monoisotopic (exact) mass is 434 g/mol. The van der Waals surface area contributed by atoms with Crippen LogP contribution >= 0.6 is 11.8 Å². The molecule has 2 aromatic carbocycles. The Morgan fingerprint density at radius 2 is 2.13 bits per heavy atom. The van der Waals surface area contributed by atoms with Gasteiger partial charge in [-0.1, -0.05) is 30.3 Å². The lowest BCUT2D eigenvalue weighted by Gasteiger charge is -2.21. The average Bonchev–Trinajstić information content (AvgIpc) is 3.42. The number of thioether (sulfide) groups is 1. The van der Waals surface area contributed by atoms with Gasteiger partial charge in [-0.3, -0.25) is 14.7 Å². The molecule has 5 rings (SSSR count). The topological polar surface area (TPSA) is 103 Å². The van der Waals surface area contributed by atoms with E-state index in [0.717, 1.165) is 34.8 Å². The number of aromatic nitrogens is 3. The van der Waals surface area contributed by atoms with Crippen LogP contribution in [0.5, 0.6) is 0 Å². The largest absolute Gasteiger partial charge is 0.384 e. The van der Waals surface area contributed by atoms with Crippen LogP contribution < -0.4 is 15.5 Å². The maximum atomic E-state index is 13.1. The van der Waals surface area contributed by atoms with Crippen molar-refractivity contribution in [1.29, 1.82) is 0 Å². The van der Waals surface area contributed by atoms with Crippen molar-refractivity contribution in [2.75, 3.05) is 29.6 Å². The van der Waals surface area contributed by atoms with E-state index in [-0.39, 0.29) is 11.7 Å². The molecule has 1 aromatic heterocycles. The Balaban J connectivity index is 1.29. The van der Waals surface area contributed by atoms with E-state index in [1.807, 2.05) is 30.3 Å². The molecular weight excluding hydrogens is 412 g/mol. The van der Waals surface area contributed by atoms with Crippen molar-refractivity contribution in [3.05, 3.63) is 65.2 Å². The molecule has 158 valence electrons. The second kappa shape index (κ2) is 8.07. The first kappa shape index (κ1) is 19.6. The normalized spacial score (nSPS) is 17.5. The molecule has 3 heterocycles. The third-order valence-electron chi connectivity index (χ3n) is 5.54. The first-order chi connectivity index (χ1) is 15.1. The van der Waals surface area contributed by atoms with Gasteiger partial charge in [0.15, 0.2) is 0 Å². The van der Waals surface area contributed by atoms with E-state index < -0.39 is 11.9 Å². The molecule has 8 nitrogen and oxygen atoms in total. The number of nitrogens with one attached hydrogen (secondary N) is 3. The maximum absolute atomic E-state index is 13.1. The third kappa shape index (κ3) is 3.88. The number of rotatable bonds is 4. The number of fused-ring (bicyclic) bond motifs is 2. The molecular formula is C22H22N6O2S. The quantitative estimate of drug-likeness (QED) is 0.582. The molecule has 2 aliphatic rings. The van der Waals surface area contributed by atoms with Gasteiger partial charge in [-0.15, -0.1) is 16.9 Å². The molecule has 0 spiro atoms. The van der Waals surface area contributed by atoms with Crippen LogP contribution in [0.15, 0.2) is 47.4 Å². The number of carbonyl (C=O) groups is 2. The highest BCUT2D eigenvalue weighted by molar-refractivity contribution is 7.99. The van der Waals surface area contributed by atoms with Gasteiger partial charge in [0.1, 0.15) is 11.9 Å². The van der Waals surface area contributed by atoms with Gasteiger partial charge in [0, 0.05) is 36.3 Å². The molecule has 0 aliphatic carbocycles. The fourth-order valence-corrected chi connectivity index (χ4v) is 5.00. The predicted molar refractivity (Wildman–Crippen MR) is 120 cm³/mol. The number of nitrogens with zero attached hydrogens (tertiary/aromatic N) is 3. The summed E-state index contributed by atoms with van der Waals surface area (Å²) in [5, 5.41) is 13.0. The number of anilines is 2. The van der Waals surface area contributed by atoms with Crippen molar-refractivity contribution in [3.8, 4) is 0 Å². The minimum atomic E-state index is -0.659. The summed E-state index contributed by atoms with van der Waals surface area (Å²) in [6.07, 6.45) is 1.50. The molecule has 31 heavy (non-hydrogen) atoms. The number of H-pyrrole nitrogens is 1. The minimum absolute atomic E-state index is 0.0383. The zero-order valence-corrected chi connectivity index (χ0v) is 17.8. The summed E-state index contributed by atoms with van der Waals surface area (Å²) in [6.45, 7) is 0.919. The van der Waals surface area contributed by atoms with Crippen LogP contribution in [0.25, 0.3) is 0 Å². The van der Waals surface area contributed by atoms with Crippen molar-refractivity contribution in [3.63, 3.8) is 0 Å². The molecule has 0 saturated carbocycles. The Labute approximate surface area is 183 Å². The summed E-state index contributed by atoms with van der Waals surface area (Å²) in [5.74, 6) is 0.478. The average molecular weight is 435 g/mol. The zero-order valence-electron chi connectivity index (χ0n) is 17.0. The highest BCUT2D eigenvalue weighted by Crippen LogP contribution is 2.39. The van der Waals surface area contributed by atoms with Gasteiger partial charge in [-0.05, 0) is 29.7 Å². The van der Waals surface area contributed by atoms with Crippen molar-refractivity contribution in [2.45, 2.75) is 23.8 Å². The molecule has 2 aliphatic heterocycles. The minimum Gasteiger partial charge on any atom is -0.384 e. The highest BCUT2D eigenvalue weighted by Gasteiger charge is 2.32. The SMILES string of the molecule is CN1C(=O)[C@@H](NC(=O)c2n[nH]c(Cc3ccccc3)n2)CSc2cc3c(cc21)CCN3. The summed E-state index contributed by atoms with van der Waals surface area (Å²) in [5.41, 5.74) is 4.30. The summed E-state index contributed by atoms with van der Waals surface area (Å²) in [6, 6.07) is 13.3. The Morgan fingerprint density at radius 3 is 2.97 bits per heavy atom. The van der Waals surface area contributed by atoms with Gasteiger partial charge < -0.3 is 15.5 Å². The van der Waals surface area contributed by atoms with E-state index in [0.29, 0.717) is 18.0 Å². The molecule has 3 N–H and O–H groups in total. The van der Waals surface area contributed by atoms with Gasteiger partial charge in [0.05, 0.1) is 5.69 Å².